The average molecular weight is 391 g/mol. The summed E-state index contributed by atoms with van der Waals surface area (Å²) in [5.74, 6) is 0.0646. The maximum atomic E-state index is 12.5. The lowest BCUT2D eigenvalue weighted by Crippen LogP contribution is -2.51. The Labute approximate surface area is 161 Å². The molecule has 0 spiro atoms. The highest BCUT2D eigenvalue weighted by atomic mass is 32.1. The minimum Gasteiger partial charge on any atom is -0.355 e. The second-order valence-electron chi connectivity index (χ2n) is 6.64. The molecule has 1 saturated heterocycles. The van der Waals surface area contributed by atoms with E-state index in [0.29, 0.717) is 51.2 Å². The summed E-state index contributed by atoms with van der Waals surface area (Å²) in [7, 11) is 0. The minimum absolute atomic E-state index is 0.0300. The van der Waals surface area contributed by atoms with Crippen LogP contribution in [0.1, 0.15) is 19.8 Å². The molecule has 8 nitrogen and oxygen atoms in total. The lowest BCUT2D eigenvalue weighted by atomic mass is 10.2. The molecule has 0 atom stereocenters. The van der Waals surface area contributed by atoms with Gasteiger partial charge < -0.3 is 10.2 Å². The first-order valence-corrected chi connectivity index (χ1v) is 10.2. The van der Waals surface area contributed by atoms with Gasteiger partial charge in [-0.1, -0.05) is 6.92 Å². The summed E-state index contributed by atoms with van der Waals surface area (Å²) in [6.07, 6.45) is 2.71. The number of rotatable bonds is 7. The third-order valence-corrected chi connectivity index (χ3v) is 5.50. The molecule has 0 unspecified atom stereocenters. The van der Waals surface area contributed by atoms with Gasteiger partial charge in [0.15, 0.2) is 0 Å². The highest BCUT2D eigenvalue weighted by molar-refractivity contribution is 7.16. The third-order valence-electron chi connectivity index (χ3n) is 4.68. The summed E-state index contributed by atoms with van der Waals surface area (Å²) in [5, 5.41) is 5.31. The van der Waals surface area contributed by atoms with Crippen LogP contribution < -0.4 is 10.9 Å². The smallest absolute Gasteiger partial charge is 0.262 e. The van der Waals surface area contributed by atoms with Gasteiger partial charge in [-0.3, -0.25) is 23.9 Å². The second-order valence-corrected chi connectivity index (χ2v) is 7.53. The van der Waals surface area contributed by atoms with Crippen molar-refractivity contribution in [2.75, 3.05) is 39.3 Å². The van der Waals surface area contributed by atoms with E-state index in [4.69, 9.17) is 0 Å². The van der Waals surface area contributed by atoms with Crippen LogP contribution in [-0.4, -0.2) is 70.4 Å². The van der Waals surface area contributed by atoms with Crippen LogP contribution in [0.4, 0.5) is 0 Å². The first-order chi connectivity index (χ1) is 13.1. The van der Waals surface area contributed by atoms with E-state index in [1.807, 2.05) is 17.2 Å². The number of thiophene rings is 1. The molecule has 2 aromatic heterocycles. The fourth-order valence-electron chi connectivity index (χ4n) is 3.11. The molecule has 0 radical (unpaired) electrons. The van der Waals surface area contributed by atoms with Gasteiger partial charge in [-0.2, -0.15) is 0 Å². The average Bonchev–Trinajstić information content (AvgIpc) is 3.16. The Kier molecular flexibility index (Phi) is 6.57. The van der Waals surface area contributed by atoms with Crippen LogP contribution in [0.3, 0.4) is 0 Å². The summed E-state index contributed by atoms with van der Waals surface area (Å²) in [5.41, 5.74) is -0.100. The van der Waals surface area contributed by atoms with E-state index >= 15 is 0 Å². The van der Waals surface area contributed by atoms with E-state index in [2.05, 4.69) is 15.2 Å². The number of amides is 2. The molecule has 27 heavy (non-hydrogen) atoms. The van der Waals surface area contributed by atoms with Crippen molar-refractivity contribution in [1.29, 1.82) is 0 Å². The van der Waals surface area contributed by atoms with Crippen molar-refractivity contribution in [3.05, 3.63) is 28.1 Å². The van der Waals surface area contributed by atoms with Gasteiger partial charge in [0.05, 0.1) is 18.3 Å². The van der Waals surface area contributed by atoms with Crippen molar-refractivity contribution in [3.63, 3.8) is 0 Å². The number of nitrogens with one attached hydrogen (secondary N) is 1. The fourth-order valence-corrected chi connectivity index (χ4v) is 3.83. The Morgan fingerprint density at radius 1 is 1.26 bits per heavy atom. The Balaban J connectivity index is 1.46. The summed E-state index contributed by atoms with van der Waals surface area (Å²) in [6, 6.07) is 1.77. The van der Waals surface area contributed by atoms with Crippen molar-refractivity contribution >= 4 is 33.4 Å². The van der Waals surface area contributed by atoms with Crippen molar-refractivity contribution in [3.8, 4) is 0 Å². The van der Waals surface area contributed by atoms with Crippen LogP contribution in [0.25, 0.3) is 10.2 Å². The van der Waals surface area contributed by atoms with E-state index in [1.54, 1.807) is 6.07 Å². The molecule has 9 heteroatoms. The molecular weight excluding hydrogens is 366 g/mol. The number of aromatic nitrogens is 2. The van der Waals surface area contributed by atoms with Gasteiger partial charge in [0.25, 0.3) is 5.56 Å². The van der Waals surface area contributed by atoms with E-state index < -0.39 is 0 Å². The summed E-state index contributed by atoms with van der Waals surface area (Å²) in [6.45, 7) is 6.02. The number of hydrogen-bond acceptors (Lipinski definition) is 6. The summed E-state index contributed by atoms with van der Waals surface area (Å²) < 4.78 is 1.50. The van der Waals surface area contributed by atoms with Gasteiger partial charge in [0, 0.05) is 45.7 Å². The van der Waals surface area contributed by atoms with E-state index in [1.165, 1.54) is 22.2 Å². The quantitative estimate of drug-likeness (QED) is 0.743. The highest BCUT2D eigenvalue weighted by Crippen LogP contribution is 2.13. The zero-order chi connectivity index (χ0) is 19.2. The predicted molar refractivity (Wildman–Crippen MR) is 105 cm³/mol. The van der Waals surface area contributed by atoms with Crippen LogP contribution in [-0.2, 0) is 16.1 Å². The zero-order valence-corrected chi connectivity index (χ0v) is 16.3. The Hall–Kier alpha value is -2.26. The predicted octanol–water partition coefficient (Wildman–Crippen LogP) is 0.519. The van der Waals surface area contributed by atoms with E-state index in [0.717, 1.165) is 11.3 Å². The Morgan fingerprint density at radius 3 is 2.78 bits per heavy atom. The molecule has 0 bridgehead atoms. The Bertz CT molecular complexity index is 854. The van der Waals surface area contributed by atoms with Crippen molar-refractivity contribution < 1.29 is 9.59 Å². The molecule has 1 N–H and O–H groups in total. The molecule has 146 valence electrons. The summed E-state index contributed by atoms with van der Waals surface area (Å²) >= 11 is 1.43. The number of carbonyl (C=O) groups excluding carboxylic acids is 2. The molecule has 0 aliphatic carbocycles. The van der Waals surface area contributed by atoms with Crippen LogP contribution in [0.5, 0.6) is 0 Å². The van der Waals surface area contributed by atoms with Crippen LogP contribution in [0, 0.1) is 0 Å². The number of aryl methyl sites for hydroxylation is 1. The number of piperazine rings is 1. The SMILES string of the molecule is CCCNC(=O)CN1CCN(C(=O)CCn2cnc3sccc3c2=O)CC1. The van der Waals surface area contributed by atoms with Crippen LogP contribution in [0.2, 0.25) is 0 Å². The maximum absolute atomic E-state index is 12.5. The van der Waals surface area contributed by atoms with Crippen molar-refractivity contribution in [2.45, 2.75) is 26.3 Å². The first-order valence-electron chi connectivity index (χ1n) is 9.28. The number of fused-ring (bicyclic) bond motifs is 1. The normalized spacial score (nSPS) is 15.2. The maximum Gasteiger partial charge on any atom is 0.262 e. The van der Waals surface area contributed by atoms with Gasteiger partial charge in [-0.15, -0.1) is 11.3 Å². The molecule has 0 saturated carbocycles. The molecule has 3 rings (SSSR count). The molecule has 1 aliphatic heterocycles. The zero-order valence-electron chi connectivity index (χ0n) is 15.5. The van der Waals surface area contributed by atoms with Gasteiger partial charge in [-0.25, -0.2) is 4.98 Å². The molecule has 2 aromatic rings. The Morgan fingerprint density at radius 2 is 2.04 bits per heavy atom. The minimum atomic E-state index is -0.100. The molecule has 0 aromatic carbocycles. The largest absolute Gasteiger partial charge is 0.355 e. The van der Waals surface area contributed by atoms with Gasteiger partial charge in [0.1, 0.15) is 4.83 Å². The van der Waals surface area contributed by atoms with E-state index in [-0.39, 0.29) is 23.8 Å². The number of carbonyl (C=O) groups is 2. The molecule has 1 aliphatic rings. The van der Waals surface area contributed by atoms with Crippen LogP contribution in [0.15, 0.2) is 22.6 Å². The fraction of sp³-hybridized carbons (Fsp3) is 0.556. The topological polar surface area (TPSA) is 87.5 Å². The van der Waals surface area contributed by atoms with Crippen molar-refractivity contribution in [2.24, 2.45) is 0 Å². The standard InChI is InChI=1S/C18H25N5O3S/c1-2-5-19-15(24)12-21-7-9-22(10-8-21)16(25)3-6-23-13-20-17-14(18(23)26)4-11-27-17/h4,11,13H,2-3,5-10,12H2,1H3,(H,19,24). The lowest BCUT2D eigenvalue weighted by molar-refractivity contribution is -0.133. The molecule has 2 amide bonds. The van der Waals surface area contributed by atoms with Gasteiger partial charge in [-0.05, 0) is 17.9 Å². The molecular formula is C18H25N5O3S. The number of hydrogen-bond donors (Lipinski definition) is 1. The second kappa shape index (κ2) is 9.09. The van der Waals surface area contributed by atoms with Crippen LogP contribution >= 0.6 is 11.3 Å². The molecule has 1 fully saturated rings. The van der Waals surface area contributed by atoms with Gasteiger partial charge >= 0.3 is 0 Å². The number of nitrogens with zero attached hydrogens (tertiary/aromatic N) is 4. The monoisotopic (exact) mass is 391 g/mol. The molecule has 3 heterocycles. The van der Waals surface area contributed by atoms with Crippen molar-refractivity contribution in [1.82, 2.24) is 24.7 Å². The lowest BCUT2D eigenvalue weighted by Gasteiger charge is -2.34. The highest BCUT2D eigenvalue weighted by Gasteiger charge is 2.22. The first kappa shape index (κ1) is 19.5. The third kappa shape index (κ3) is 4.92. The summed E-state index contributed by atoms with van der Waals surface area (Å²) in [4.78, 5) is 45.5. The van der Waals surface area contributed by atoms with Gasteiger partial charge in [0.2, 0.25) is 11.8 Å². The van der Waals surface area contributed by atoms with E-state index in [9.17, 15) is 14.4 Å².